The number of ketones is 1. The normalized spacial score (nSPS) is 14.3. The number of carbonyl (C=O) groups is 1. The number of benzene rings is 1. The summed E-state index contributed by atoms with van der Waals surface area (Å²) in [7, 11) is 0. The molecule has 0 amide bonds. The molecule has 0 N–H and O–H groups in total. The molecule has 0 aliphatic heterocycles. The molecule has 2 atom stereocenters. The fraction of sp³-hybridized carbons (Fsp3) is 0.357. The van der Waals surface area contributed by atoms with Crippen LogP contribution in [0.5, 0.6) is 0 Å². The smallest absolute Gasteiger partial charge is 0.137 e. The summed E-state index contributed by atoms with van der Waals surface area (Å²) < 4.78 is 0. The van der Waals surface area contributed by atoms with E-state index in [-0.39, 0.29) is 17.6 Å². The van der Waals surface area contributed by atoms with Crippen LogP contribution in [-0.2, 0) is 4.79 Å². The Balaban J connectivity index is 2.96. The zero-order chi connectivity index (χ0) is 11.4. The van der Waals surface area contributed by atoms with E-state index in [0.29, 0.717) is 0 Å². The van der Waals surface area contributed by atoms with Crippen molar-refractivity contribution in [2.45, 2.75) is 26.7 Å². The molecule has 1 nitrogen and oxygen atoms in total. The second-order valence-electron chi connectivity index (χ2n) is 4.13. The van der Waals surface area contributed by atoms with Gasteiger partial charge in [-0.1, -0.05) is 49.4 Å². The largest absolute Gasteiger partial charge is 0.299 e. The average Bonchev–Trinajstić information content (AvgIpc) is 2.18. The molecule has 1 rings (SSSR count). The summed E-state index contributed by atoms with van der Waals surface area (Å²) in [6.45, 7) is 9.54. The zero-order valence-electron chi connectivity index (χ0n) is 9.66. The molecule has 0 fully saturated rings. The van der Waals surface area contributed by atoms with Gasteiger partial charge < -0.3 is 0 Å². The van der Waals surface area contributed by atoms with E-state index in [1.54, 1.807) is 6.92 Å². The Morgan fingerprint density at radius 1 is 1.20 bits per heavy atom. The monoisotopic (exact) mass is 202 g/mol. The Morgan fingerprint density at radius 3 is 2.13 bits per heavy atom. The van der Waals surface area contributed by atoms with Gasteiger partial charge in [-0.15, -0.1) is 0 Å². The Morgan fingerprint density at radius 2 is 1.73 bits per heavy atom. The van der Waals surface area contributed by atoms with Crippen molar-refractivity contribution in [3.8, 4) is 0 Å². The number of hydrogen-bond acceptors (Lipinski definition) is 1. The van der Waals surface area contributed by atoms with Crippen LogP contribution in [0, 0.1) is 5.92 Å². The van der Waals surface area contributed by atoms with Gasteiger partial charge in [-0.05, 0) is 25.3 Å². The standard InChI is InChI=1S/C14H18O/c1-10(2)14(12(4)15)11(3)13-8-6-5-7-9-13/h5-9,11,14H,1H2,2-4H3/t11-,14+/m0/s1. The molecule has 15 heavy (non-hydrogen) atoms. The van der Waals surface area contributed by atoms with E-state index in [1.165, 1.54) is 5.56 Å². The van der Waals surface area contributed by atoms with Crippen molar-refractivity contribution < 1.29 is 4.79 Å². The van der Waals surface area contributed by atoms with Crippen LogP contribution in [0.1, 0.15) is 32.3 Å². The number of carbonyl (C=O) groups excluding carboxylic acids is 1. The highest BCUT2D eigenvalue weighted by Gasteiger charge is 2.23. The van der Waals surface area contributed by atoms with Crippen molar-refractivity contribution in [1.82, 2.24) is 0 Å². The van der Waals surface area contributed by atoms with Crippen molar-refractivity contribution in [2.24, 2.45) is 5.92 Å². The molecule has 0 aliphatic carbocycles. The van der Waals surface area contributed by atoms with Gasteiger partial charge in [-0.25, -0.2) is 0 Å². The third-order valence-electron chi connectivity index (χ3n) is 2.79. The van der Waals surface area contributed by atoms with Crippen LogP contribution in [-0.4, -0.2) is 5.78 Å². The maximum atomic E-state index is 11.5. The van der Waals surface area contributed by atoms with Crippen molar-refractivity contribution in [3.05, 3.63) is 48.0 Å². The SMILES string of the molecule is C=C(C)[C@@H](C(C)=O)[C@@H](C)c1ccccc1. The van der Waals surface area contributed by atoms with Gasteiger partial charge in [-0.2, -0.15) is 0 Å². The number of rotatable bonds is 4. The van der Waals surface area contributed by atoms with Crippen LogP contribution in [0.25, 0.3) is 0 Å². The Kier molecular flexibility index (Phi) is 3.84. The molecule has 0 bridgehead atoms. The molecule has 1 heteroatoms. The van der Waals surface area contributed by atoms with E-state index >= 15 is 0 Å². The Hall–Kier alpha value is -1.37. The molecule has 0 aliphatic rings. The van der Waals surface area contributed by atoms with Gasteiger partial charge >= 0.3 is 0 Å². The first-order valence-corrected chi connectivity index (χ1v) is 5.25. The maximum absolute atomic E-state index is 11.5. The molecule has 1 aromatic carbocycles. The molecular weight excluding hydrogens is 184 g/mol. The first-order valence-electron chi connectivity index (χ1n) is 5.25. The Bertz CT molecular complexity index is 337. The van der Waals surface area contributed by atoms with E-state index in [0.717, 1.165) is 5.57 Å². The second-order valence-corrected chi connectivity index (χ2v) is 4.13. The minimum absolute atomic E-state index is 0.0626. The van der Waals surface area contributed by atoms with E-state index in [4.69, 9.17) is 0 Å². The topological polar surface area (TPSA) is 17.1 Å². The number of allylic oxidation sites excluding steroid dienone is 1. The van der Waals surface area contributed by atoms with E-state index in [1.807, 2.05) is 25.1 Å². The van der Waals surface area contributed by atoms with Crippen molar-refractivity contribution in [1.29, 1.82) is 0 Å². The zero-order valence-corrected chi connectivity index (χ0v) is 9.66. The lowest BCUT2D eigenvalue weighted by Gasteiger charge is -2.22. The third kappa shape index (κ3) is 2.79. The fourth-order valence-corrected chi connectivity index (χ4v) is 2.07. The lowest BCUT2D eigenvalue weighted by Crippen LogP contribution is -2.19. The average molecular weight is 202 g/mol. The summed E-state index contributed by atoms with van der Waals surface area (Å²) in [4.78, 5) is 11.5. The van der Waals surface area contributed by atoms with Gasteiger partial charge in [0.15, 0.2) is 0 Å². The maximum Gasteiger partial charge on any atom is 0.137 e. The predicted molar refractivity (Wildman–Crippen MR) is 63.8 cm³/mol. The molecule has 80 valence electrons. The van der Waals surface area contributed by atoms with Crippen LogP contribution in [0.15, 0.2) is 42.5 Å². The highest BCUT2D eigenvalue weighted by Crippen LogP contribution is 2.29. The lowest BCUT2D eigenvalue weighted by atomic mass is 9.81. The molecule has 0 aromatic heterocycles. The molecule has 0 saturated carbocycles. The van der Waals surface area contributed by atoms with Gasteiger partial charge in [0.25, 0.3) is 0 Å². The summed E-state index contributed by atoms with van der Waals surface area (Å²) in [5.41, 5.74) is 2.14. The van der Waals surface area contributed by atoms with Crippen LogP contribution in [0.3, 0.4) is 0 Å². The van der Waals surface area contributed by atoms with Gasteiger partial charge in [0.05, 0.1) is 0 Å². The minimum atomic E-state index is -0.0626. The van der Waals surface area contributed by atoms with E-state index < -0.39 is 0 Å². The van der Waals surface area contributed by atoms with Crippen molar-refractivity contribution >= 4 is 5.78 Å². The van der Waals surface area contributed by atoms with Crippen molar-refractivity contribution in [3.63, 3.8) is 0 Å². The van der Waals surface area contributed by atoms with Crippen LogP contribution in [0.4, 0.5) is 0 Å². The molecule has 0 radical (unpaired) electrons. The molecule has 0 unspecified atom stereocenters. The first kappa shape index (κ1) is 11.7. The van der Waals surface area contributed by atoms with Crippen LogP contribution >= 0.6 is 0 Å². The summed E-state index contributed by atoms with van der Waals surface area (Å²) in [6.07, 6.45) is 0. The Labute approximate surface area is 91.8 Å². The quantitative estimate of drug-likeness (QED) is 0.682. The van der Waals surface area contributed by atoms with Crippen LogP contribution in [0.2, 0.25) is 0 Å². The molecule has 0 spiro atoms. The number of Topliss-reactive ketones (excluding diaryl/α,β-unsaturated/α-hetero) is 1. The fourth-order valence-electron chi connectivity index (χ4n) is 2.07. The van der Waals surface area contributed by atoms with Crippen LogP contribution < -0.4 is 0 Å². The van der Waals surface area contributed by atoms with Gasteiger partial charge in [0.2, 0.25) is 0 Å². The highest BCUT2D eigenvalue weighted by atomic mass is 16.1. The highest BCUT2D eigenvalue weighted by molar-refractivity contribution is 5.82. The van der Waals surface area contributed by atoms with Gasteiger partial charge in [0, 0.05) is 5.92 Å². The number of hydrogen-bond donors (Lipinski definition) is 0. The molecule has 1 aromatic rings. The lowest BCUT2D eigenvalue weighted by molar-refractivity contribution is -0.120. The predicted octanol–water partition coefficient (Wildman–Crippen LogP) is 3.57. The summed E-state index contributed by atoms with van der Waals surface area (Å²) in [5, 5.41) is 0. The second kappa shape index (κ2) is 4.92. The molecule has 0 saturated heterocycles. The molecular formula is C14H18O. The minimum Gasteiger partial charge on any atom is -0.299 e. The summed E-state index contributed by atoms with van der Waals surface area (Å²) in [6, 6.07) is 10.1. The molecule has 0 heterocycles. The van der Waals surface area contributed by atoms with E-state index in [2.05, 4.69) is 25.6 Å². The van der Waals surface area contributed by atoms with E-state index in [9.17, 15) is 4.79 Å². The van der Waals surface area contributed by atoms with Gasteiger partial charge in [0.1, 0.15) is 5.78 Å². The summed E-state index contributed by atoms with van der Waals surface area (Å²) >= 11 is 0. The first-order chi connectivity index (χ1) is 7.04. The van der Waals surface area contributed by atoms with Crippen molar-refractivity contribution in [2.75, 3.05) is 0 Å². The third-order valence-corrected chi connectivity index (χ3v) is 2.79. The summed E-state index contributed by atoms with van der Waals surface area (Å²) in [5.74, 6) is 0.340. The van der Waals surface area contributed by atoms with Gasteiger partial charge in [-0.3, -0.25) is 4.79 Å².